The number of aryl methyl sites for hydroxylation is 2. The topological polar surface area (TPSA) is 38.3 Å². The Morgan fingerprint density at radius 3 is 2.27 bits per heavy atom. The van der Waals surface area contributed by atoms with E-state index in [2.05, 4.69) is 41.7 Å². The van der Waals surface area contributed by atoms with Gasteiger partial charge in [-0.05, 0) is 53.6 Å². The Kier molecular flexibility index (Phi) is 7.22. The van der Waals surface area contributed by atoms with E-state index >= 15 is 0 Å². The summed E-state index contributed by atoms with van der Waals surface area (Å²) >= 11 is 1.60. The van der Waals surface area contributed by atoms with E-state index in [9.17, 15) is 4.79 Å². The molecule has 0 atom stereocenters. The molecule has 0 radical (unpaired) electrons. The molecule has 0 fully saturated rings. The van der Waals surface area contributed by atoms with Gasteiger partial charge in [-0.25, -0.2) is 0 Å². The standard InChI is InChI=1S/C26H27NO2S/c28-25(27-24-15-14-20-12-7-13-23(20)18-24)19-30-17-16-29-26(21-8-3-1-4-9-21)22-10-5-2-6-11-22/h1-6,8-11,14-15,18,26H,7,12-13,16-17,19H2,(H,27,28). The van der Waals surface area contributed by atoms with Crippen LogP contribution in [0.3, 0.4) is 0 Å². The molecule has 3 nitrogen and oxygen atoms in total. The molecule has 0 unspecified atom stereocenters. The lowest BCUT2D eigenvalue weighted by Gasteiger charge is -2.19. The van der Waals surface area contributed by atoms with Gasteiger partial charge in [-0.2, -0.15) is 0 Å². The highest BCUT2D eigenvalue weighted by Gasteiger charge is 2.15. The van der Waals surface area contributed by atoms with Crippen LogP contribution in [0.1, 0.15) is 34.8 Å². The second kappa shape index (κ2) is 10.5. The zero-order chi connectivity index (χ0) is 20.6. The number of fused-ring (bicyclic) bond motifs is 1. The van der Waals surface area contributed by atoms with Crippen molar-refractivity contribution >= 4 is 23.4 Å². The SMILES string of the molecule is O=C(CSCCOC(c1ccccc1)c1ccccc1)Nc1ccc2c(c1)CCC2. The van der Waals surface area contributed by atoms with Crippen LogP contribution in [-0.4, -0.2) is 24.0 Å². The summed E-state index contributed by atoms with van der Waals surface area (Å²) in [6, 6.07) is 26.8. The Labute approximate surface area is 182 Å². The molecule has 3 aromatic rings. The van der Waals surface area contributed by atoms with E-state index in [1.165, 1.54) is 17.5 Å². The maximum absolute atomic E-state index is 12.3. The van der Waals surface area contributed by atoms with Crippen LogP contribution in [0, 0.1) is 0 Å². The maximum atomic E-state index is 12.3. The quantitative estimate of drug-likeness (QED) is 0.457. The second-order valence-corrected chi connectivity index (χ2v) is 8.62. The Morgan fingerprint density at radius 2 is 1.57 bits per heavy atom. The van der Waals surface area contributed by atoms with Gasteiger partial charge in [-0.1, -0.05) is 66.7 Å². The Morgan fingerprint density at radius 1 is 0.900 bits per heavy atom. The number of rotatable bonds is 9. The van der Waals surface area contributed by atoms with Crippen molar-refractivity contribution in [2.45, 2.75) is 25.4 Å². The molecule has 1 aliphatic carbocycles. The van der Waals surface area contributed by atoms with Crippen LogP contribution in [0.4, 0.5) is 5.69 Å². The van der Waals surface area contributed by atoms with Crippen molar-refractivity contribution < 1.29 is 9.53 Å². The van der Waals surface area contributed by atoms with E-state index in [4.69, 9.17) is 4.74 Å². The predicted molar refractivity (Wildman–Crippen MR) is 125 cm³/mol. The van der Waals surface area contributed by atoms with Gasteiger partial charge in [-0.3, -0.25) is 4.79 Å². The molecule has 1 N–H and O–H groups in total. The number of nitrogens with one attached hydrogen (secondary N) is 1. The van der Waals surface area contributed by atoms with Crippen LogP contribution >= 0.6 is 11.8 Å². The molecule has 0 spiro atoms. The monoisotopic (exact) mass is 417 g/mol. The van der Waals surface area contributed by atoms with Crippen molar-refractivity contribution in [2.24, 2.45) is 0 Å². The van der Waals surface area contributed by atoms with E-state index in [-0.39, 0.29) is 12.0 Å². The van der Waals surface area contributed by atoms with E-state index in [0.717, 1.165) is 35.4 Å². The summed E-state index contributed by atoms with van der Waals surface area (Å²) in [6.45, 7) is 0.589. The first-order valence-corrected chi connectivity index (χ1v) is 11.7. The smallest absolute Gasteiger partial charge is 0.234 e. The van der Waals surface area contributed by atoms with E-state index in [0.29, 0.717) is 12.4 Å². The molecular formula is C26H27NO2S. The summed E-state index contributed by atoms with van der Waals surface area (Å²) in [5.41, 5.74) is 5.99. The Bertz CT molecular complexity index is 920. The summed E-state index contributed by atoms with van der Waals surface area (Å²) < 4.78 is 6.21. The van der Waals surface area contributed by atoms with Crippen LogP contribution in [0.5, 0.6) is 0 Å². The minimum atomic E-state index is -0.0896. The number of anilines is 1. The van der Waals surface area contributed by atoms with Crippen molar-refractivity contribution in [1.82, 2.24) is 0 Å². The largest absolute Gasteiger partial charge is 0.368 e. The minimum absolute atomic E-state index is 0.0422. The molecule has 0 aliphatic heterocycles. The lowest BCUT2D eigenvalue weighted by Crippen LogP contribution is -2.15. The van der Waals surface area contributed by atoms with Crippen LogP contribution in [0.25, 0.3) is 0 Å². The fourth-order valence-electron chi connectivity index (χ4n) is 3.88. The first-order valence-electron chi connectivity index (χ1n) is 10.5. The molecule has 4 rings (SSSR count). The lowest BCUT2D eigenvalue weighted by atomic mass is 10.0. The van der Waals surface area contributed by atoms with Gasteiger partial charge in [0, 0.05) is 11.4 Å². The average Bonchev–Trinajstić information content (AvgIpc) is 3.25. The number of ether oxygens (including phenoxy) is 1. The number of thioether (sulfide) groups is 1. The number of carbonyl (C=O) groups excluding carboxylic acids is 1. The fraction of sp³-hybridized carbons (Fsp3) is 0.269. The van der Waals surface area contributed by atoms with Crippen LogP contribution in [-0.2, 0) is 22.4 Å². The summed E-state index contributed by atoms with van der Waals surface area (Å²) in [5, 5.41) is 3.02. The van der Waals surface area contributed by atoms with Crippen molar-refractivity contribution in [3.8, 4) is 0 Å². The third kappa shape index (κ3) is 5.53. The van der Waals surface area contributed by atoms with Gasteiger partial charge >= 0.3 is 0 Å². The van der Waals surface area contributed by atoms with Crippen LogP contribution < -0.4 is 5.32 Å². The normalized spacial score (nSPS) is 12.7. The van der Waals surface area contributed by atoms with E-state index < -0.39 is 0 Å². The number of amides is 1. The molecule has 1 aliphatic rings. The number of carbonyl (C=O) groups is 1. The van der Waals surface area contributed by atoms with Gasteiger partial charge in [0.1, 0.15) is 6.10 Å². The molecule has 0 saturated carbocycles. The molecule has 30 heavy (non-hydrogen) atoms. The average molecular weight is 418 g/mol. The van der Waals surface area contributed by atoms with Gasteiger partial charge in [-0.15, -0.1) is 11.8 Å². The summed E-state index contributed by atoms with van der Waals surface area (Å²) in [5.74, 6) is 1.25. The molecule has 4 heteroatoms. The Hall–Kier alpha value is -2.56. The molecule has 3 aromatic carbocycles. The Balaban J connectivity index is 1.24. The molecular weight excluding hydrogens is 390 g/mol. The van der Waals surface area contributed by atoms with Crippen LogP contribution in [0.15, 0.2) is 78.9 Å². The minimum Gasteiger partial charge on any atom is -0.368 e. The zero-order valence-corrected chi connectivity index (χ0v) is 17.9. The summed E-state index contributed by atoms with van der Waals surface area (Å²) in [4.78, 5) is 12.3. The summed E-state index contributed by atoms with van der Waals surface area (Å²) in [6.07, 6.45) is 3.41. The molecule has 0 bridgehead atoms. The lowest BCUT2D eigenvalue weighted by molar-refractivity contribution is -0.113. The predicted octanol–water partition coefficient (Wildman–Crippen LogP) is 5.65. The molecule has 0 aromatic heterocycles. The first-order chi connectivity index (χ1) is 14.8. The van der Waals surface area contributed by atoms with Gasteiger partial charge in [0.05, 0.1) is 12.4 Å². The van der Waals surface area contributed by atoms with Gasteiger partial charge in [0.15, 0.2) is 0 Å². The highest BCUT2D eigenvalue weighted by molar-refractivity contribution is 7.99. The maximum Gasteiger partial charge on any atom is 0.234 e. The van der Waals surface area contributed by atoms with E-state index in [1.807, 2.05) is 42.5 Å². The van der Waals surface area contributed by atoms with Crippen molar-refractivity contribution in [3.05, 3.63) is 101 Å². The van der Waals surface area contributed by atoms with Crippen molar-refractivity contribution in [1.29, 1.82) is 0 Å². The number of hydrogen-bond acceptors (Lipinski definition) is 3. The molecule has 0 saturated heterocycles. The summed E-state index contributed by atoms with van der Waals surface area (Å²) in [7, 11) is 0. The molecule has 154 valence electrons. The number of hydrogen-bond donors (Lipinski definition) is 1. The van der Waals surface area contributed by atoms with Crippen molar-refractivity contribution in [2.75, 3.05) is 23.4 Å². The van der Waals surface area contributed by atoms with Gasteiger partial charge in [0.2, 0.25) is 5.91 Å². The fourth-order valence-corrected chi connectivity index (χ4v) is 4.49. The first kappa shape index (κ1) is 20.7. The number of benzene rings is 3. The highest BCUT2D eigenvalue weighted by atomic mass is 32.2. The van der Waals surface area contributed by atoms with Crippen LogP contribution in [0.2, 0.25) is 0 Å². The zero-order valence-electron chi connectivity index (χ0n) is 17.1. The van der Waals surface area contributed by atoms with Gasteiger partial charge < -0.3 is 10.1 Å². The second-order valence-electron chi connectivity index (χ2n) is 7.51. The highest BCUT2D eigenvalue weighted by Crippen LogP contribution is 2.26. The third-order valence-electron chi connectivity index (χ3n) is 5.33. The molecule has 0 heterocycles. The third-order valence-corrected chi connectivity index (χ3v) is 6.25. The van der Waals surface area contributed by atoms with Crippen molar-refractivity contribution in [3.63, 3.8) is 0 Å². The van der Waals surface area contributed by atoms with E-state index in [1.54, 1.807) is 11.8 Å². The van der Waals surface area contributed by atoms with Gasteiger partial charge in [0.25, 0.3) is 0 Å². The molecule has 1 amide bonds.